The van der Waals surface area contributed by atoms with Crippen molar-refractivity contribution in [1.29, 1.82) is 0 Å². The molecule has 0 amide bonds. The van der Waals surface area contributed by atoms with Crippen LogP contribution in [0.1, 0.15) is 65.7 Å². The topological polar surface area (TPSA) is 52.6 Å². The fraction of sp³-hybridized carbons (Fsp3) is 0.909. The Balaban J connectivity index is 1.64. The number of carbonyl (C=O) groups is 2. The van der Waals surface area contributed by atoms with Crippen LogP contribution in [0.25, 0.3) is 0 Å². The van der Waals surface area contributed by atoms with Crippen LogP contribution in [0.4, 0.5) is 0 Å². The van der Waals surface area contributed by atoms with Gasteiger partial charge in [-0.05, 0) is 55.3 Å². The molecular formula is C22H34O4. The molecule has 26 heavy (non-hydrogen) atoms. The lowest BCUT2D eigenvalue weighted by atomic mass is 9.49. The van der Waals surface area contributed by atoms with Crippen molar-refractivity contribution in [3.8, 4) is 0 Å². The number of hydrogen-bond acceptors (Lipinski definition) is 4. The van der Waals surface area contributed by atoms with Crippen molar-refractivity contribution >= 4 is 12.6 Å². The highest BCUT2D eigenvalue weighted by molar-refractivity contribution is 5.59. The molecule has 4 fully saturated rings. The van der Waals surface area contributed by atoms with Gasteiger partial charge in [0.05, 0.1) is 13.2 Å². The Morgan fingerprint density at radius 3 is 2.23 bits per heavy atom. The normalized spacial score (nSPS) is 50.5. The van der Waals surface area contributed by atoms with E-state index in [1.54, 1.807) is 0 Å². The summed E-state index contributed by atoms with van der Waals surface area (Å²) in [6.07, 6.45) is 9.53. The van der Waals surface area contributed by atoms with Crippen LogP contribution in [0.5, 0.6) is 0 Å². The zero-order chi connectivity index (χ0) is 18.6. The highest BCUT2D eigenvalue weighted by Crippen LogP contribution is 2.66. The SMILES string of the molecule is C[C@H]1CC[C@](C)(C2CC[C@@]3(C)C(CCC34OCCO4)[C@@H]2C=O)[C@@H](C=O)C1. The van der Waals surface area contributed by atoms with Crippen molar-refractivity contribution in [2.45, 2.75) is 71.5 Å². The third-order valence-electron chi connectivity index (χ3n) is 8.98. The summed E-state index contributed by atoms with van der Waals surface area (Å²) in [4.78, 5) is 24.3. The lowest BCUT2D eigenvalue weighted by molar-refractivity contribution is -0.241. The molecule has 0 N–H and O–H groups in total. The summed E-state index contributed by atoms with van der Waals surface area (Å²) in [5.41, 5.74) is -0.130. The maximum absolute atomic E-state index is 12.3. The van der Waals surface area contributed by atoms with E-state index in [0.29, 0.717) is 31.0 Å². The highest BCUT2D eigenvalue weighted by atomic mass is 16.7. The Hall–Kier alpha value is -0.740. The van der Waals surface area contributed by atoms with Crippen molar-refractivity contribution in [3.63, 3.8) is 0 Å². The summed E-state index contributed by atoms with van der Waals surface area (Å²) in [5, 5.41) is 0. The standard InChI is InChI=1S/C22H34O4/c1-15-4-7-20(2,16(12-15)13-23)18-5-8-21(3)19(17(18)14-24)6-9-22(21)25-10-11-26-22/h13-19H,4-12H2,1-3H3/t15-,16+,17+,18?,19?,20-,21-/m0/s1. The minimum Gasteiger partial charge on any atom is -0.347 e. The molecule has 1 heterocycles. The van der Waals surface area contributed by atoms with E-state index in [1.807, 2.05) is 0 Å². The van der Waals surface area contributed by atoms with E-state index >= 15 is 0 Å². The molecule has 3 aliphatic carbocycles. The second-order valence-corrected chi connectivity index (χ2v) is 10.00. The number of rotatable bonds is 3. The van der Waals surface area contributed by atoms with Gasteiger partial charge < -0.3 is 19.1 Å². The Labute approximate surface area is 157 Å². The summed E-state index contributed by atoms with van der Waals surface area (Å²) in [5.74, 6) is 0.837. The van der Waals surface area contributed by atoms with E-state index < -0.39 is 5.79 Å². The van der Waals surface area contributed by atoms with E-state index in [1.165, 1.54) is 19.0 Å². The monoisotopic (exact) mass is 362 g/mol. The van der Waals surface area contributed by atoms with E-state index in [2.05, 4.69) is 20.8 Å². The molecule has 4 heteroatoms. The summed E-state index contributed by atoms with van der Waals surface area (Å²) in [6.45, 7) is 8.15. The number of aldehydes is 2. The second-order valence-electron chi connectivity index (χ2n) is 10.00. The zero-order valence-electron chi connectivity index (χ0n) is 16.5. The summed E-state index contributed by atoms with van der Waals surface area (Å²) in [6, 6.07) is 0. The summed E-state index contributed by atoms with van der Waals surface area (Å²) < 4.78 is 12.3. The maximum Gasteiger partial charge on any atom is 0.174 e. The van der Waals surface area contributed by atoms with Gasteiger partial charge in [-0.15, -0.1) is 0 Å². The van der Waals surface area contributed by atoms with Crippen LogP contribution in [-0.4, -0.2) is 31.6 Å². The lowest BCUT2D eigenvalue weighted by Gasteiger charge is -2.56. The average molecular weight is 363 g/mol. The van der Waals surface area contributed by atoms with E-state index in [-0.39, 0.29) is 22.7 Å². The molecule has 0 bridgehead atoms. The van der Waals surface area contributed by atoms with Crippen molar-refractivity contribution in [2.75, 3.05) is 13.2 Å². The molecule has 0 aromatic heterocycles. The Bertz CT molecular complexity index is 568. The predicted molar refractivity (Wildman–Crippen MR) is 98.4 cm³/mol. The van der Waals surface area contributed by atoms with E-state index in [4.69, 9.17) is 9.47 Å². The van der Waals surface area contributed by atoms with Gasteiger partial charge >= 0.3 is 0 Å². The highest BCUT2D eigenvalue weighted by Gasteiger charge is 2.66. The average Bonchev–Trinajstić information content (AvgIpc) is 3.23. The van der Waals surface area contributed by atoms with Gasteiger partial charge in [0.15, 0.2) is 5.79 Å². The predicted octanol–water partition coefficient (Wildman–Crippen LogP) is 4.01. The van der Waals surface area contributed by atoms with E-state index in [9.17, 15) is 9.59 Å². The number of carbonyl (C=O) groups excluding carboxylic acids is 2. The molecule has 146 valence electrons. The molecule has 4 aliphatic rings. The van der Waals surface area contributed by atoms with Gasteiger partial charge in [0, 0.05) is 23.7 Å². The van der Waals surface area contributed by atoms with Crippen LogP contribution in [0.15, 0.2) is 0 Å². The molecule has 7 atom stereocenters. The molecule has 0 aromatic rings. The largest absolute Gasteiger partial charge is 0.347 e. The van der Waals surface area contributed by atoms with Crippen LogP contribution in [0, 0.1) is 40.4 Å². The second kappa shape index (κ2) is 6.41. The van der Waals surface area contributed by atoms with Gasteiger partial charge in [-0.1, -0.05) is 27.2 Å². The third kappa shape index (κ3) is 2.40. The Kier molecular flexibility index (Phi) is 4.59. The summed E-state index contributed by atoms with van der Waals surface area (Å²) in [7, 11) is 0. The quantitative estimate of drug-likeness (QED) is 0.712. The van der Waals surface area contributed by atoms with Crippen LogP contribution in [-0.2, 0) is 19.1 Å². The molecular weight excluding hydrogens is 328 g/mol. The minimum absolute atomic E-state index is 0.0155. The van der Waals surface area contributed by atoms with Crippen LogP contribution in [0.2, 0.25) is 0 Å². The van der Waals surface area contributed by atoms with Gasteiger partial charge in [-0.25, -0.2) is 0 Å². The van der Waals surface area contributed by atoms with Crippen LogP contribution in [0.3, 0.4) is 0 Å². The number of hydrogen-bond donors (Lipinski definition) is 0. The van der Waals surface area contributed by atoms with Gasteiger partial charge in [-0.2, -0.15) is 0 Å². The molecule has 2 unspecified atom stereocenters. The van der Waals surface area contributed by atoms with Gasteiger partial charge in [0.1, 0.15) is 12.6 Å². The van der Waals surface area contributed by atoms with Crippen molar-refractivity contribution < 1.29 is 19.1 Å². The van der Waals surface area contributed by atoms with Gasteiger partial charge in [0.25, 0.3) is 0 Å². The first kappa shape index (κ1) is 18.6. The van der Waals surface area contributed by atoms with Crippen molar-refractivity contribution in [3.05, 3.63) is 0 Å². The fourth-order valence-corrected chi connectivity index (χ4v) is 7.28. The third-order valence-corrected chi connectivity index (χ3v) is 8.98. The molecule has 0 radical (unpaired) electrons. The Morgan fingerprint density at radius 1 is 0.885 bits per heavy atom. The first-order chi connectivity index (χ1) is 12.4. The van der Waals surface area contributed by atoms with Crippen molar-refractivity contribution in [2.24, 2.45) is 40.4 Å². The summed E-state index contributed by atoms with van der Waals surface area (Å²) >= 11 is 0. The molecule has 0 aromatic carbocycles. The Morgan fingerprint density at radius 2 is 1.58 bits per heavy atom. The van der Waals surface area contributed by atoms with Gasteiger partial charge in [-0.3, -0.25) is 0 Å². The minimum atomic E-state index is -0.476. The number of fused-ring (bicyclic) bond motifs is 2. The lowest BCUT2D eigenvalue weighted by Crippen LogP contribution is -2.55. The first-order valence-electron chi connectivity index (χ1n) is 10.6. The maximum atomic E-state index is 12.3. The smallest absolute Gasteiger partial charge is 0.174 e. The van der Waals surface area contributed by atoms with Gasteiger partial charge in [0.2, 0.25) is 0 Å². The molecule has 4 nitrogen and oxygen atoms in total. The first-order valence-corrected chi connectivity index (χ1v) is 10.6. The zero-order valence-corrected chi connectivity index (χ0v) is 16.5. The van der Waals surface area contributed by atoms with Crippen LogP contribution >= 0.6 is 0 Å². The molecule has 1 aliphatic heterocycles. The molecule has 1 spiro atoms. The van der Waals surface area contributed by atoms with E-state index in [0.717, 1.165) is 38.5 Å². The fourth-order valence-electron chi connectivity index (χ4n) is 7.28. The van der Waals surface area contributed by atoms with Crippen LogP contribution < -0.4 is 0 Å². The molecule has 4 rings (SSSR count). The number of ether oxygens (including phenoxy) is 2. The van der Waals surface area contributed by atoms with Crippen molar-refractivity contribution in [1.82, 2.24) is 0 Å². The molecule has 3 saturated carbocycles. The molecule has 1 saturated heterocycles.